The number of anilines is 1. The summed E-state index contributed by atoms with van der Waals surface area (Å²) in [6.07, 6.45) is 2.62. The maximum absolute atomic E-state index is 10.9. The fraction of sp³-hybridized carbons (Fsp3) is 0.643. The van der Waals surface area contributed by atoms with E-state index in [0.717, 1.165) is 6.42 Å². The highest BCUT2D eigenvalue weighted by Crippen LogP contribution is 2.16. The number of rotatable bonds is 9. The maximum atomic E-state index is 10.9. The van der Waals surface area contributed by atoms with Gasteiger partial charge in [-0.25, -0.2) is 4.98 Å². The molecule has 6 heteroatoms. The van der Waals surface area contributed by atoms with Crippen molar-refractivity contribution in [2.75, 3.05) is 18.5 Å². The van der Waals surface area contributed by atoms with Crippen LogP contribution in [0.2, 0.25) is 0 Å². The van der Waals surface area contributed by atoms with Gasteiger partial charge in [0.05, 0.1) is 6.61 Å². The van der Waals surface area contributed by atoms with Crippen molar-refractivity contribution < 1.29 is 14.6 Å². The van der Waals surface area contributed by atoms with Crippen molar-refractivity contribution in [2.45, 2.75) is 33.6 Å². The minimum absolute atomic E-state index is 0.0619. The van der Waals surface area contributed by atoms with Gasteiger partial charge in [0.15, 0.2) is 0 Å². The Balaban J connectivity index is 2.57. The highest BCUT2D eigenvalue weighted by atomic mass is 16.5. The second-order valence-electron chi connectivity index (χ2n) is 5.13. The number of carboxylic acids is 1. The van der Waals surface area contributed by atoms with Crippen molar-refractivity contribution in [3.8, 4) is 5.88 Å². The zero-order chi connectivity index (χ0) is 15.0. The smallest absolute Gasteiger partial charge is 0.303 e. The molecule has 0 aromatic carbocycles. The molecule has 0 fully saturated rings. The van der Waals surface area contributed by atoms with Crippen molar-refractivity contribution in [1.82, 2.24) is 9.97 Å². The van der Waals surface area contributed by atoms with Gasteiger partial charge in [0.1, 0.15) is 0 Å². The van der Waals surface area contributed by atoms with Gasteiger partial charge in [-0.2, -0.15) is 4.98 Å². The first-order valence-corrected chi connectivity index (χ1v) is 6.92. The zero-order valence-corrected chi connectivity index (χ0v) is 12.3. The van der Waals surface area contributed by atoms with E-state index in [1.54, 1.807) is 12.3 Å². The van der Waals surface area contributed by atoms with Crippen LogP contribution in [0.4, 0.5) is 5.95 Å². The standard InChI is InChI=1S/C14H23N3O3/c1-4-20-12-5-6-15-14(17-12)16-9-11(7-10(2)3)8-13(18)19/h5-6,10-11H,4,7-9H2,1-3H3,(H,18,19)(H,15,16,17). The van der Waals surface area contributed by atoms with E-state index < -0.39 is 5.97 Å². The van der Waals surface area contributed by atoms with Gasteiger partial charge in [0, 0.05) is 25.2 Å². The maximum Gasteiger partial charge on any atom is 0.303 e. The van der Waals surface area contributed by atoms with Gasteiger partial charge in [-0.15, -0.1) is 0 Å². The number of aliphatic carboxylic acids is 1. The highest BCUT2D eigenvalue weighted by molar-refractivity contribution is 5.67. The van der Waals surface area contributed by atoms with E-state index in [2.05, 4.69) is 29.1 Å². The third-order valence-corrected chi connectivity index (χ3v) is 2.74. The molecule has 0 aliphatic heterocycles. The first kappa shape index (κ1) is 16.2. The van der Waals surface area contributed by atoms with E-state index in [1.165, 1.54) is 0 Å². The Kier molecular flexibility index (Phi) is 6.76. The van der Waals surface area contributed by atoms with Crippen molar-refractivity contribution >= 4 is 11.9 Å². The lowest BCUT2D eigenvalue weighted by molar-refractivity contribution is -0.138. The predicted molar refractivity (Wildman–Crippen MR) is 76.9 cm³/mol. The minimum atomic E-state index is -0.776. The van der Waals surface area contributed by atoms with E-state index in [4.69, 9.17) is 9.84 Å². The molecule has 0 aliphatic carbocycles. The first-order valence-electron chi connectivity index (χ1n) is 6.92. The molecule has 0 bridgehead atoms. The molecule has 1 unspecified atom stereocenters. The number of hydrogen-bond acceptors (Lipinski definition) is 5. The van der Waals surface area contributed by atoms with E-state index >= 15 is 0 Å². The number of aromatic nitrogens is 2. The van der Waals surface area contributed by atoms with Gasteiger partial charge in [-0.3, -0.25) is 4.79 Å². The number of nitrogens with zero attached hydrogens (tertiary/aromatic N) is 2. The van der Waals surface area contributed by atoms with Crippen LogP contribution in [0.1, 0.15) is 33.6 Å². The van der Waals surface area contributed by atoms with E-state index in [1.807, 2.05) is 6.92 Å². The lowest BCUT2D eigenvalue weighted by Gasteiger charge is -2.17. The SMILES string of the molecule is CCOc1ccnc(NCC(CC(=O)O)CC(C)C)n1. The van der Waals surface area contributed by atoms with Crippen LogP contribution in [-0.4, -0.2) is 34.2 Å². The summed E-state index contributed by atoms with van der Waals surface area (Å²) < 4.78 is 5.30. The summed E-state index contributed by atoms with van der Waals surface area (Å²) in [5.74, 6) is 0.726. The van der Waals surface area contributed by atoms with Crippen LogP contribution in [-0.2, 0) is 4.79 Å². The van der Waals surface area contributed by atoms with Crippen molar-refractivity contribution in [1.29, 1.82) is 0 Å². The van der Waals surface area contributed by atoms with Crippen LogP contribution in [0, 0.1) is 11.8 Å². The largest absolute Gasteiger partial charge is 0.481 e. The molecule has 1 atom stereocenters. The van der Waals surface area contributed by atoms with Gasteiger partial charge in [0.2, 0.25) is 11.8 Å². The number of carbonyl (C=O) groups is 1. The number of nitrogens with one attached hydrogen (secondary N) is 1. The van der Waals surface area contributed by atoms with E-state index in [9.17, 15) is 4.79 Å². The molecule has 0 saturated heterocycles. The number of ether oxygens (including phenoxy) is 1. The average molecular weight is 281 g/mol. The van der Waals surface area contributed by atoms with Gasteiger partial charge in [0.25, 0.3) is 0 Å². The molecular weight excluding hydrogens is 258 g/mol. The number of hydrogen-bond donors (Lipinski definition) is 2. The summed E-state index contributed by atoms with van der Waals surface area (Å²) in [5.41, 5.74) is 0. The predicted octanol–water partition coefficient (Wildman–Crippen LogP) is 2.42. The monoisotopic (exact) mass is 281 g/mol. The fourth-order valence-electron chi connectivity index (χ4n) is 2.04. The molecule has 20 heavy (non-hydrogen) atoms. The summed E-state index contributed by atoms with van der Waals surface area (Å²) in [7, 11) is 0. The zero-order valence-electron chi connectivity index (χ0n) is 12.3. The van der Waals surface area contributed by atoms with Gasteiger partial charge in [-0.05, 0) is 25.2 Å². The van der Waals surface area contributed by atoms with Crippen LogP contribution in [0.5, 0.6) is 5.88 Å². The molecule has 0 saturated carbocycles. The van der Waals surface area contributed by atoms with E-state index in [0.29, 0.717) is 30.9 Å². The van der Waals surface area contributed by atoms with Crippen LogP contribution in [0.25, 0.3) is 0 Å². The molecule has 1 rings (SSSR count). The fourth-order valence-corrected chi connectivity index (χ4v) is 2.04. The lowest BCUT2D eigenvalue weighted by Crippen LogP contribution is -2.20. The molecule has 1 aromatic rings. The Labute approximate surface area is 119 Å². The molecule has 0 aliphatic rings. The number of carboxylic acid groups (broad SMARTS) is 1. The summed E-state index contributed by atoms with van der Waals surface area (Å²) in [6, 6.07) is 1.69. The molecule has 1 heterocycles. The highest BCUT2D eigenvalue weighted by Gasteiger charge is 2.15. The lowest BCUT2D eigenvalue weighted by atomic mass is 9.94. The summed E-state index contributed by atoms with van der Waals surface area (Å²) in [6.45, 7) is 7.15. The Bertz CT molecular complexity index is 424. The second kappa shape index (κ2) is 8.35. The van der Waals surface area contributed by atoms with Crippen LogP contribution >= 0.6 is 0 Å². The topological polar surface area (TPSA) is 84.3 Å². The van der Waals surface area contributed by atoms with Crippen LogP contribution in [0.3, 0.4) is 0 Å². The van der Waals surface area contributed by atoms with Gasteiger partial charge < -0.3 is 15.2 Å². The van der Waals surface area contributed by atoms with Crippen molar-refractivity contribution in [2.24, 2.45) is 11.8 Å². The normalized spacial score (nSPS) is 12.2. The molecular formula is C14H23N3O3. The first-order chi connectivity index (χ1) is 9.51. The summed E-state index contributed by atoms with van der Waals surface area (Å²) in [4.78, 5) is 19.2. The van der Waals surface area contributed by atoms with E-state index in [-0.39, 0.29) is 12.3 Å². The Morgan fingerprint density at radius 1 is 1.50 bits per heavy atom. The van der Waals surface area contributed by atoms with Crippen molar-refractivity contribution in [3.63, 3.8) is 0 Å². The Hall–Kier alpha value is -1.85. The third-order valence-electron chi connectivity index (χ3n) is 2.74. The van der Waals surface area contributed by atoms with Gasteiger partial charge >= 0.3 is 5.97 Å². The molecule has 1 aromatic heterocycles. The molecule has 0 amide bonds. The van der Waals surface area contributed by atoms with Crippen LogP contribution in [0.15, 0.2) is 12.3 Å². The van der Waals surface area contributed by atoms with Crippen LogP contribution < -0.4 is 10.1 Å². The molecule has 6 nitrogen and oxygen atoms in total. The van der Waals surface area contributed by atoms with Gasteiger partial charge in [-0.1, -0.05) is 13.8 Å². The Morgan fingerprint density at radius 3 is 2.85 bits per heavy atom. The molecule has 0 spiro atoms. The third kappa shape index (κ3) is 6.36. The molecule has 0 radical (unpaired) electrons. The minimum Gasteiger partial charge on any atom is -0.481 e. The summed E-state index contributed by atoms with van der Waals surface area (Å²) >= 11 is 0. The average Bonchev–Trinajstić information content (AvgIpc) is 2.35. The molecule has 2 N–H and O–H groups in total. The summed E-state index contributed by atoms with van der Waals surface area (Å²) in [5, 5.41) is 12.0. The second-order valence-corrected chi connectivity index (χ2v) is 5.13. The Morgan fingerprint density at radius 2 is 2.25 bits per heavy atom. The molecule has 112 valence electrons. The van der Waals surface area contributed by atoms with Crippen molar-refractivity contribution in [3.05, 3.63) is 12.3 Å². The quantitative estimate of drug-likeness (QED) is 0.723.